The molecule has 0 fully saturated rings. The molecule has 1 atom stereocenters. The number of carbonyl (C=O) groups excluding carboxylic acids is 2. The van der Waals surface area contributed by atoms with Gasteiger partial charge >= 0.3 is 0 Å². The number of nitrogens with zero attached hydrogens (tertiary/aromatic N) is 3. The number of hydrogen-bond acceptors (Lipinski definition) is 4. The van der Waals surface area contributed by atoms with Crippen LogP contribution in [0.15, 0.2) is 24.4 Å². The second kappa shape index (κ2) is 4.59. The molecule has 0 bridgehead atoms. The van der Waals surface area contributed by atoms with E-state index < -0.39 is 11.2 Å². The van der Waals surface area contributed by atoms with E-state index in [1.165, 1.54) is 0 Å². The van der Waals surface area contributed by atoms with Crippen molar-refractivity contribution in [2.75, 3.05) is 0 Å². The Morgan fingerprint density at radius 2 is 2.00 bits per heavy atom. The number of rotatable bonds is 1. The lowest BCUT2D eigenvalue weighted by atomic mass is 9.74. The van der Waals surface area contributed by atoms with Gasteiger partial charge in [-0.3, -0.25) is 9.59 Å². The van der Waals surface area contributed by atoms with Crippen LogP contribution in [-0.2, 0) is 4.79 Å². The van der Waals surface area contributed by atoms with E-state index in [4.69, 9.17) is 0 Å². The molecule has 6 heteroatoms. The highest BCUT2D eigenvalue weighted by molar-refractivity contribution is 9.09. The van der Waals surface area contributed by atoms with Gasteiger partial charge in [0.25, 0.3) is 0 Å². The van der Waals surface area contributed by atoms with Gasteiger partial charge in [-0.25, -0.2) is 9.67 Å². The van der Waals surface area contributed by atoms with Crippen LogP contribution in [0.25, 0.3) is 5.82 Å². The number of fused-ring (bicyclic) bond motifs is 1. The summed E-state index contributed by atoms with van der Waals surface area (Å²) in [6.45, 7) is 5.27. The molecule has 0 amide bonds. The molecule has 0 aliphatic heterocycles. The third kappa shape index (κ3) is 1.89. The maximum absolute atomic E-state index is 12.4. The van der Waals surface area contributed by atoms with E-state index in [1.54, 1.807) is 31.6 Å². The zero-order valence-electron chi connectivity index (χ0n) is 11.9. The van der Waals surface area contributed by atoms with Crippen molar-refractivity contribution in [3.63, 3.8) is 0 Å². The average Bonchev–Trinajstić information content (AvgIpc) is 2.82. The van der Waals surface area contributed by atoms with Gasteiger partial charge < -0.3 is 0 Å². The number of halogens is 1. The zero-order valence-corrected chi connectivity index (χ0v) is 13.5. The standard InChI is InChI=1S/C15H14BrN3O2/c1-8-10-11(13(16)15(2,3)14(21)12(10)20)19(18-8)9-6-4-5-7-17-9/h4-7,13H,1-3H3/t13-/m1/s1. The largest absolute Gasteiger partial charge is 0.290 e. The summed E-state index contributed by atoms with van der Waals surface area (Å²) in [6, 6.07) is 5.49. The van der Waals surface area contributed by atoms with Gasteiger partial charge in [-0.05, 0) is 19.1 Å². The summed E-state index contributed by atoms with van der Waals surface area (Å²) in [4.78, 5) is 28.7. The van der Waals surface area contributed by atoms with E-state index in [9.17, 15) is 9.59 Å². The lowest BCUT2D eigenvalue weighted by Gasteiger charge is -2.32. The second-order valence-corrected chi connectivity index (χ2v) is 6.60. The number of aromatic nitrogens is 3. The van der Waals surface area contributed by atoms with Gasteiger partial charge in [0.2, 0.25) is 11.6 Å². The number of pyridine rings is 1. The van der Waals surface area contributed by atoms with Gasteiger partial charge in [0.1, 0.15) is 0 Å². The lowest BCUT2D eigenvalue weighted by molar-refractivity contribution is -0.123. The van der Waals surface area contributed by atoms with Crippen molar-refractivity contribution in [2.24, 2.45) is 5.41 Å². The summed E-state index contributed by atoms with van der Waals surface area (Å²) in [5.41, 5.74) is 0.824. The van der Waals surface area contributed by atoms with Gasteiger partial charge in [0.15, 0.2) is 5.82 Å². The van der Waals surface area contributed by atoms with Crippen LogP contribution in [0.4, 0.5) is 0 Å². The van der Waals surface area contributed by atoms with Crippen molar-refractivity contribution < 1.29 is 9.59 Å². The Morgan fingerprint density at radius 3 is 2.62 bits per heavy atom. The molecule has 0 unspecified atom stereocenters. The highest BCUT2D eigenvalue weighted by atomic mass is 79.9. The van der Waals surface area contributed by atoms with Gasteiger partial charge in [-0.1, -0.05) is 35.8 Å². The van der Waals surface area contributed by atoms with Crippen molar-refractivity contribution in [2.45, 2.75) is 25.6 Å². The van der Waals surface area contributed by atoms with Crippen LogP contribution in [0.5, 0.6) is 0 Å². The first-order valence-electron chi connectivity index (χ1n) is 6.60. The minimum atomic E-state index is -0.816. The molecule has 2 aromatic rings. The Morgan fingerprint density at radius 1 is 1.29 bits per heavy atom. The third-order valence-electron chi connectivity index (χ3n) is 3.85. The maximum atomic E-state index is 12.4. The molecule has 1 aliphatic rings. The molecule has 21 heavy (non-hydrogen) atoms. The van der Waals surface area contributed by atoms with E-state index in [0.717, 1.165) is 0 Å². The highest BCUT2D eigenvalue weighted by Crippen LogP contribution is 2.47. The zero-order chi connectivity index (χ0) is 15.4. The molecule has 1 aliphatic carbocycles. The van der Waals surface area contributed by atoms with E-state index in [0.29, 0.717) is 22.8 Å². The fraction of sp³-hybridized carbons (Fsp3) is 0.333. The Labute approximate surface area is 130 Å². The fourth-order valence-electron chi connectivity index (χ4n) is 2.58. The maximum Gasteiger partial charge on any atom is 0.232 e. The smallest absolute Gasteiger partial charge is 0.232 e. The third-order valence-corrected chi connectivity index (χ3v) is 5.43. The van der Waals surface area contributed by atoms with Crippen LogP contribution in [0.2, 0.25) is 0 Å². The van der Waals surface area contributed by atoms with Crippen molar-refractivity contribution in [1.82, 2.24) is 14.8 Å². The summed E-state index contributed by atoms with van der Waals surface area (Å²) in [6.07, 6.45) is 1.67. The van der Waals surface area contributed by atoms with Crippen molar-refractivity contribution in [3.05, 3.63) is 41.3 Å². The Hall–Kier alpha value is -1.82. The summed E-state index contributed by atoms with van der Waals surface area (Å²) >= 11 is 3.58. The number of Topliss-reactive ketones (excluding diaryl/α,β-unsaturated/α-hetero) is 2. The van der Waals surface area contributed by atoms with Gasteiger partial charge in [0.05, 0.1) is 21.8 Å². The second-order valence-electron chi connectivity index (χ2n) is 5.69. The molecule has 0 saturated heterocycles. The molecule has 2 heterocycles. The number of alkyl halides is 1. The predicted molar refractivity (Wildman–Crippen MR) is 80.9 cm³/mol. The highest BCUT2D eigenvalue weighted by Gasteiger charge is 2.49. The Balaban J connectivity index is 2.31. The van der Waals surface area contributed by atoms with Crippen LogP contribution >= 0.6 is 15.9 Å². The topological polar surface area (TPSA) is 64.8 Å². The molecule has 0 aromatic carbocycles. The van der Waals surface area contributed by atoms with E-state index in [1.807, 2.05) is 18.2 Å². The number of hydrogen-bond donors (Lipinski definition) is 0. The molecule has 108 valence electrons. The summed E-state index contributed by atoms with van der Waals surface area (Å²) in [5, 5.41) is 4.41. The van der Waals surface area contributed by atoms with Crippen molar-refractivity contribution in [3.8, 4) is 5.82 Å². The Bertz CT molecular complexity index is 750. The predicted octanol–water partition coefficient (Wildman–Crippen LogP) is 2.80. The SMILES string of the molecule is Cc1nn(-c2ccccn2)c2c1C(=O)C(=O)C(C)(C)[C@@H]2Br. The summed E-state index contributed by atoms with van der Waals surface area (Å²) in [7, 11) is 0. The average molecular weight is 348 g/mol. The first kappa shape index (κ1) is 14.1. The normalized spacial score (nSPS) is 20.5. The molecule has 0 radical (unpaired) electrons. The van der Waals surface area contributed by atoms with Gasteiger partial charge in [-0.15, -0.1) is 0 Å². The molecule has 0 N–H and O–H groups in total. The van der Waals surface area contributed by atoms with Crippen LogP contribution in [0.3, 0.4) is 0 Å². The monoisotopic (exact) mass is 347 g/mol. The molecule has 0 saturated carbocycles. The molecule has 2 aromatic heterocycles. The fourth-order valence-corrected chi connectivity index (χ4v) is 3.21. The minimum absolute atomic E-state index is 0.298. The number of aryl methyl sites for hydroxylation is 1. The van der Waals surface area contributed by atoms with Crippen molar-refractivity contribution >= 4 is 27.5 Å². The quantitative estimate of drug-likeness (QED) is 0.587. The van der Waals surface area contributed by atoms with Crippen LogP contribution < -0.4 is 0 Å². The molecular weight excluding hydrogens is 334 g/mol. The lowest BCUT2D eigenvalue weighted by Crippen LogP contribution is -2.40. The Kier molecular flexibility index (Phi) is 3.09. The van der Waals surface area contributed by atoms with Crippen molar-refractivity contribution in [1.29, 1.82) is 0 Å². The van der Waals surface area contributed by atoms with E-state index >= 15 is 0 Å². The van der Waals surface area contributed by atoms with Gasteiger partial charge in [-0.2, -0.15) is 5.10 Å². The number of carbonyl (C=O) groups is 2. The first-order valence-corrected chi connectivity index (χ1v) is 7.51. The summed E-state index contributed by atoms with van der Waals surface area (Å²) in [5.74, 6) is -0.227. The molecule has 0 spiro atoms. The van der Waals surface area contributed by atoms with Crippen LogP contribution in [-0.4, -0.2) is 26.3 Å². The minimum Gasteiger partial charge on any atom is -0.290 e. The van der Waals surface area contributed by atoms with Crippen LogP contribution in [0, 0.1) is 12.3 Å². The van der Waals surface area contributed by atoms with E-state index in [2.05, 4.69) is 26.0 Å². The van der Waals surface area contributed by atoms with E-state index in [-0.39, 0.29) is 10.6 Å². The van der Waals surface area contributed by atoms with Gasteiger partial charge in [0, 0.05) is 11.6 Å². The number of ketones is 2. The summed E-state index contributed by atoms with van der Waals surface area (Å²) < 4.78 is 1.65. The first-order chi connectivity index (χ1) is 9.85. The molecule has 3 rings (SSSR count). The van der Waals surface area contributed by atoms with Crippen LogP contribution in [0.1, 0.15) is 40.4 Å². The molecule has 5 nitrogen and oxygen atoms in total. The molecular formula is C15H14BrN3O2.